The normalized spacial score (nSPS) is 19.3. The Hall–Kier alpha value is -2.62. The van der Waals surface area contributed by atoms with Crippen LogP contribution in [0.3, 0.4) is 0 Å². The Morgan fingerprint density at radius 2 is 1.72 bits per heavy atom. The summed E-state index contributed by atoms with van der Waals surface area (Å²) in [5.41, 5.74) is -0.764. The largest absolute Gasteiger partial charge is 0.481 e. The van der Waals surface area contributed by atoms with Gasteiger partial charge < -0.3 is 14.6 Å². The van der Waals surface area contributed by atoms with Gasteiger partial charge in [0.2, 0.25) is 6.10 Å². The highest BCUT2D eigenvalue weighted by molar-refractivity contribution is 6.32. The van der Waals surface area contributed by atoms with Crippen LogP contribution in [0.15, 0.2) is 36.4 Å². The van der Waals surface area contributed by atoms with Gasteiger partial charge in [-0.15, -0.1) is 0 Å². The molecule has 0 fully saturated rings. The van der Waals surface area contributed by atoms with Crippen molar-refractivity contribution < 1.29 is 45.7 Å². The number of ether oxygens (including phenoxy) is 2. The molecule has 1 aliphatic heterocycles. The van der Waals surface area contributed by atoms with E-state index in [-0.39, 0.29) is 27.8 Å². The average molecular weight is 441 g/mol. The number of alkyl halides is 6. The van der Waals surface area contributed by atoms with Gasteiger partial charge in [0.25, 0.3) is 0 Å². The number of carboxylic acid groups (broad SMARTS) is 1. The van der Waals surface area contributed by atoms with Gasteiger partial charge >= 0.3 is 18.3 Å². The predicted octanol–water partition coefficient (Wildman–Crippen LogP) is 5.72. The van der Waals surface area contributed by atoms with Gasteiger partial charge in [0, 0.05) is 6.07 Å². The van der Waals surface area contributed by atoms with Crippen LogP contribution in [0.2, 0.25) is 5.02 Å². The molecule has 2 unspecified atom stereocenters. The lowest BCUT2D eigenvalue weighted by molar-refractivity contribution is -0.217. The van der Waals surface area contributed by atoms with E-state index in [4.69, 9.17) is 26.2 Å². The lowest BCUT2D eigenvalue weighted by Crippen LogP contribution is -2.47. The number of fused-ring (bicyclic) bond motifs is 1. The smallest absolute Gasteiger partial charge is 0.426 e. The van der Waals surface area contributed by atoms with Crippen molar-refractivity contribution >= 4 is 17.6 Å². The van der Waals surface area contributed by atoms with E-state index in [1.807, 2.05) is 0 Å². The number of hydrogen-bond donors (Lipinski definition) is 1. The topological polar surface area (TPSA) is 55.8 Å². The number of carbonyl (C=O) groups is 1. The van der Waals surface area contributed by atoms with Crippen molar-refractivity contribution in [2.45, 2.75) is 24.9 Å². The van der Waals surface area contributed by atoms with E-state index in [1.54, 1.807) is 0 Å². The molecule has 11 heteroatoms. The van der Waals surface area contributed by atoms with Crippen molar-refractivity contribution in [2.75, 3.05) is 0 Å². The lowest BCUT2D eigenvalue weighted by Gasteiger charge is -2.32. The molecule has 1 N–H and O–H groups in total. The van der Waals surface area contributed by atoms with Crippen LogP contribution in [0.1, 0.15) is 11.1 Å². The molecule has 156 valence electrons. The molecule has 2 aromatic carbocycles. The highest BCUT2D eigenvalue weighted by Gasteiger charge is 2.52. The van der Waals surface area contributed by atoms with Crippen LogP contribution >= 0.6 is 11.6 Å². The van der Waals surface area contributed by atoms with E-state index in [2.05, 4.69) is 0 Å². The first-order valence-corrected chi connectivity index (χ1v) is 8.38. The third-order valence-corrected chi connectivity index (χ3v) is 4.52. The number of benzene rings is 2. The maximum absolute atomic E-state index is 13.2. The van der Waals surface area contributed by atoms with E-state index >= 15 is 0 Å². The first-order valence-electron chi connectivity index (χ1n) is 8.00. The Morgan fingerprint density at radius 3 is 2.24 bits per heavy atom. The van der Waals surface area contributed by atoms with Gasteiger partial charge in [0.1, 0.15) is 23.2 Å². The summed E-state index contributed by atoms with van der Waals surface area (Å²) in [5.74, 6) is -3.97. The maximum Gasteiger partial charge on any atom is 0.426 e. The SMILES string of the molecule is O=C(O)C1Cc2cc(Cl)c(Oc3ccc(C(F)(F)F)cc3)cc2OC1C(F)(F)F. The van der Waals surface area contributed by atoms with Crippen LogP contribution in [0.25, 0.3) is 0 Å². The zero-order valence-corrected chi connectivity index (χ0v) is 14.9. The fourth-order valence-electron chi connectivity index (χ4n) is 2.84. The van der Waals surface area contributed by atoms with Gasteiger partial charge in [-0.3, -0.25) is 4.79 Å². The van der Waals surface area contributed by atoms with Crippen LogP contribution in [0.4, 0.5) is 26.3 Å². The average Bonchev–Trinajstić information content (AvgIpc) is 2.60. The number of rotatable bonds is 3. The maximum atomic E-state index is 13.2. The highest BCUT2D eigenvalue weighted by Crippen LogP contribution is 2.43. The van der Waals surface area contributed by atoms with E-state index in [1.165, 1.54) is 6.07 Å². The summed E-state index contributed by atoms with van der Waals surface area (Å²) >= 11 is 6.04. The molecular formula is C18H11ClF6O4. The molecule has 0 saturated carbocycles. The summed E-state index contributed by atoms with van der Waals surface area (Å²) in [4.78, 5) is 11.2. The Bertz CT molecular complexity index is 924. The van der Waals surface area contributed by atoms with Crippen LogP contribution in [-0.2, 0) is 17.4 Å². The van der Waals surface area contributed by atoms with E-state index < -0.39 is 42.3 Å². The lowest BCUT2D eigenvalue weighted by atomic mass is 9.90. The molecule has 3 rings (SSSR count). The number of hydrogen-bond acceptors (Lipinski definition) is 3. The molecule has 1 heterocycles. The molecular weight excluding hydrogens is 430 g/mol. The molecule has 0 bridgehead atoms. The van der Waals surface area contributed by atoms with Crippen LogP contribution in [0, 0.1) is 5.92 Å². The summed E-state index contributed by atoms with van der Waals surface area (Å²) in [5, 5.41) is 9.01. The van der Waals surface area contributed by atoms with E-state index in [9.17, 15) is 31.1 Å². The van der Waals surface area contributed by atoms with Gasteiger partial charge in [-0.25, -0.2) is 0 Å². The molecule has 29 heavy (non-hydrogen) atoms. The zero-order valence-electron chi connectivity index (χ0n) is 14.1. The van der Waals surface area contributed by atoms with Gasteiger partial charge in [-0.2, -0.15) is 26.3 Å². The Labute approximate surface area is 164 Å². The third-order valence-electron chi connectivity index (χ3n) is 4.22. The van der Waals surface area contributed by atoms with Gasteiger partial charge in [0.15, 0.2) is 0 Å². The second-order valence-corrected chi connectivity index (χ2v) is 6.65. The second-order valence-electron chi connectivity index (χ2n) is 6.24. The quantitative estimate of drug-likeness (QED) is 0.620. The summed E-state index contributed by atoms with van der Waals surface area (Å²) < 4.78 is 87.6. The van der Waals surface area contributed by atoms with Crippen molar-refractivity contribution in [3.8, 4) is 17.2 Å². The standard InChI is InChI=1S/C18H11ClF6O4/c19-12-6-8-5-11(16(26)27)15(18(23,24)25)29-13(8)7-14(12)28-10-3-1-9(2-4-10)17(20,21)22/h1-4,6-7,11,15H,5H2,(H,26,27). The van der Waals surface area contributed by atoms with Crippen molar-refractivity contribution in [3.05, 3.63) is 52.5 Å². The van der Waals surface area contributed by atoms with Crippen molar-refractivity contribution in [1.29, 1.82) is 0 Å². The molecule has 0 saturated heterocycles. The van der Waals surface area contributed by atoms with Crippen molar-refractivity contribution in [2.24, 2.45) is 5.92 Å². The summed E-state index contributed by atoms with van der Waals surface area (Å²) in [7, 11) is 0. The van der Waals surface area contributed by atoms with Gasteiger partial charge in [0.05, 0.1) is 10.6 Å². The van der Waals surface area contributed by atoms with Crippen molar-refractivity contribution in [3.63, 3.8) is 0 Å². The fraction of sp³-hybridized carbons (Fsp3) is 0.278. The van der Waals surface area contributed by atoms with Crippen LogP contribution in [-0.4, -0.2) is 23.4 Å². The first kappa shape index (κ1) is 21.1. The van der Waals surface area contributed by atoms with Crippen LogP contribution < -0.4 is 9.47 Å². The first-order chi connectivity index (χ1) is 13.4. The van der Waals surface area contributed by atoms with Crippen molar-refractivity contribution in [1.82, 2.24) is 0 Å². The fourth-order valence-corrected chi connectivity index (χ4v) is 3.06. The van der Waals surface area contributed by atoms with Gasteiger partial charge in [-0.05, 0) is 42.3 Å². The Balaban J connectivity index is 1.90. The van der Waals surface area contributed by atoms with E-state index in [0.717, 1.165) is 30.3 Å². The Morgan fingerprint density at radius 1 is 1.10 bits per heavy atom. The molecule has 0 aromatic heterocycles. The molecule has 2 aromatic rings. The molecule has 0 aliphatic carbocycles. The molecule has 1 aliphatic rings. The number of aliphatic carboxylic acids is 1. The minimum absolute atomic E-state index is 0.0357. The molecule has 0 amide bonds. The van der Waals surface area contributed by atoms with Crippen LogP contribution in [0.5, 0.6) is 17.2 Å². The second kappa shape index (κ2) is 7.33. The summed E-state index contributed by atoms with van der Waals surface area (Å²) in [6.07, 6.45) is -12.5. The highest BCUT2D eigenvalue weighted by atomic mass is 35.5. The summed E-state index contributed by atoms with van der Waals surface area (Å²) in [6, 6.07) is 5.85. The monoisotopic (exact) mass is 440 g/mol. The predicted molar refractivity (Wildman–Crippen MR) is 88.3 cm³/mol. The minimum Gasteiger partial charge on any atom is -0.481 e. The number of carboxylic acids is 1. The molecule has 0 spiro atoms. The summed E-state index contributed by atoms with van der Waals surface area (Å²) in [6.45, 7) is 0. The minimum atomic E-state index is -4.92. The third kappa shape index (κ3) is 4.52. The van der Waals surface area contributed by atoms with Gasteiger partial charge in [-0.1, -0.05) is 11.6 Å². The van der Waals surface area contributed by atoms with E-state index in [0.29, 0.717) is 0 Å². The zero-order chi connectivity index (χ0) is 21.6. The Kier molecular flexibility index (Phi) is 5.33. The molecule has 2 atom stereocenters. The molecule has 0 radical (unpaired) electrons. The number of halogens is 7. The molecule has 4 nitrogen and oxygen atoms in total.